The molecule has 4 nitrogen and oxygen atoms in total. The van der Waals surface area contributed by atoms with Crippen LogP contribution in [0.3, 0.4) is 0 Å². The van der Waals surface area contributed by atoms with Gasteiger partial charge in [0.05, 0.1) is 12.6 Å². The number of amides is 1. The zero-order valence-corrected chi connectivity index (χ0v) is 16.5. The van der Waals surface area contributed by atoms with Crippen LogP contribution in [0.15, 0.2) is 18.2 Å². The lowest BCUT2D eigenvalue weighted by atomic mass is 9.95. The molecule has 26 heavy (non-hydrogen) atoms. The molecule has 3 rings (SSSR count). The summed E-state index contributed by atoms with van der Waals surface area (Å²) >= 11 is 0. The summed E-state index contributed by atoms with van der Waals surface area (Å²) in [7, 11) is 1.70. The van der Waals surface area contributed by atoms with Crippen molar-refractivity contribution < 1.29 is 9.53 Å². The van der Waals surface area contributed by atoms with Crippen molar-refractivity contribution in [2.24, 2.45) is 0 Å². The summed E-state index contributed by atoms with van der Waals surface area (Å²) in [5.41, 5.74) is 3.95. The van der Waals surface area contributed by atoms with E-state index in [2.05, 4.69) is 30.5 Å². The molecule has 1 heterocycles. The van der Waals surface area contributed by atoms with Gasteiger partial charge in [0.2, 0.25) is 5.91 Å². The fraction of sp³-hybridized carbons (Fsp3) is 0.591. The summed E-state index contributed by atoms with van der Waals surface area (Å²) in [5, 5.41) is 1.30. The first-order valence-electron chi connectivity index (χ1n) is 10.1. The van der Waals surface area contributed by atoms with Crippen molar-refractivity contribution >= 4 is 16.8 Å². The van der Waals surface area contributed by atoms with Gasteiger partial charge < -0.3 is 14.2 Å². The number of benzene rings is 1. The van der Waals surface area contributed by atoms with Crippen molar-refractivity contribution in [3.63, 3.8) is 0 Å². The minimum atomic E-state index is 0.244. The second-order valence-corrected chi connectivity index (χ2v) is 7.34. The average molecular weight is 357 g/mol. The monoisotopic (exact) mass is 356 g/mol. The minimum Gasteiger partial charge on any atom is -0.497 e. The highest BCUT2D eigenvalue weighted by molar-refractivity contribution is 5.89. The van der Waals surface area contributed by atoms with Crippen LogP contribution < -0.4 is 4.74 Å². The second-order valence-electron chi connectivity index (χ2n) is 7.34. The van der Waals surface area contributed by atoms with Crippen LogP contribution in [0.1, 0.15) is 57.2 Å². The number of rotatable bonds is 8. The second kappa shape index (κ2) is 8.61. The number of ether oxygens (including phenoxy) is 1. The Morgan fingerprint density at radius 1 is 1.15 bits per heavy atom. The molecule has 0 saturated heterocycles. The van der Waals surface area contributed by atoms with Gasteiger partial charge in [0.25, 0.3) is 0 Å². The third kappa shape index (κ3) is 3.74. The average Bonchev–Trinajstić information content (AvgIpc) is 2.98. The van der Waals surface area contributed by atoms with Gasteiger partial charge in [-0.3, -0.25) is 4.79 Å². The number of hydrogen-bond donors (Lipinski definition) is 0. The first-order chi connectivity index (χ1) is 12.7. The molecule has 0 aliphatic heterocycles. The van der Waals surface area contributed by atoms with Crippen molar-refractivity contribution in [2.45, 2.75) is 65.3 Å². The first-order valence-corrected chi connectivity index (χ1v) is 10.1. The van der Waals surface area contributed by atoms with E-state index < -0.39 is 0 Å². The molecular weight excluding hydrogens is 324 g/mol. The largest absolute Gasteiger partial charge is 0.497 e. The summed E-state index contributed by atoms with van der Waals surface area (Å²) in [6.45, 7) is 6.49. The summed E-state index contributed by atoms with van der Waals surface area (Å²) < 4.78 is 7.71. The molecule has 1 amide bonds. The van der Waals surface area contributed by atoms with Gasteiger partial charge >= 0.3 is 0 Å². The molecule has 142 valence electrons. The Bertz CT molecular complexity index is 763. The van der Waals surface area contributed by atoms with Crippen molar-refractivity contribution in [3.8, 4) is 5.75 Å². The molecule has 0 bridgehead atoms. The molecule has 0 radical (unpaired) electrons. The summed E-state index contributed by atoms with van der Waals surface area (Å²) in [6.07, 6.45) is 7.84. The number of unbranched alkanes of at least 4 members (excludes halogenated alkanes) is 1. The van der Waals surface area contributed by atoms with Crippen LogP contribution in [-0.4, -0.2) is 35.6 Å². The van der Waals surface area contributed by atoms with E-state index in [9.17, 15) is 4.79 Å². The van der Waals surface area contributed by atoms with Crippen LogP contribution in [0, 0.1) is 0 Å². The molecule has 2 aromatic rings. The van der Waals surface area contributed by atoms with E-state index in [1.54, 1.807) is 7.11 Å². The number of fused-ring (bicyclic) bond motifs is 3. The van der Waals surface area contributed by atoms with Gasteiger partial charge in [-0.1, -0.05) is 20.3 Å². The molecule has 0 atom stereocenters. The Balaban J connectivity index is 1.96. The number of hydrogen-bond acceptors (Lipinski definition) is 2. The molecule has 1 aromatic carbocycles. The maximum Gasteiger partial charge on any atom is 0.242 e. The molecule has 4 heteroatoms. The quantitative estimate of drug-likeness (QED) is 0.694. The third-order valence-electron chi connectivity index (χ3n) is 5.51. The van der Waals surface area contributed by atoms with Crippen LogP contribution in [0.2, 0.25) is 0 Å². The van der Waals surface area contributed by atoms with Gasteiger partial charge in [0, 0.05) is 30.2 Å². The Morgan fingerprint density at radius 3 is 2.69 bits per heavy atom. The Morgan fingerprint density at radius 2 is 1.96 bits per heavy atom. The minimum absolute atomic E-state index is 0.244. The normalized spacial score (nSPS) is 13.7. The van der Waals surface area contributed by atoms with E-state index in [-0.39, 0.29) is 5.91 Å². The van der Waals surface area contributed by atoms with Crippen LogP contribution in [0.25, 0.3) is 10.9 Å². The number of methoxy groups -OCH3 is 1. The van der Waals surface area contributed by atoms with Crippen molar-refractivity contribution in [2.75, 3.05) is 20.2 Å². The number of carbonyl (C=O) groups excluding carboxylic acids is 1. The van der Waals surface area contributed by atoms with Crippen molar-refractivity contribution in [1.82, 2.24) is 9.47 Å². The van der Waals surface area contributed by atoms with E-state index in [1.807, 2.05) is 11.0 Å². The van der Waals surface area contributed by atoms with Gasteiger partial charge in [-0.15, -0.1) is 0 Å². The summed E-state index contributed by atoms with van der Waals surface area (Å²) in [5.74, 6) is 1.10. The van der Waals surface area contributed by atoms with Gasteiger partial charge in [0.1, 0.15) is 12.3 Å². The molecular formula is C22H32N2O2. The number of aryl methyl sites for hydroxylation is 1. The Labute approximate surface area is 157 Å². The van der Waals surface area contributed by atoms with E-state index in [0.717, 1.165) is 56.5 Å². The molecule has 1 aromatic heterocycles. The molecule has 0 fully saturated rings. The Hall–Kier alpha value is -1.97. The Kier molecular flexibility index (Phi) is 6.23. The molecule has 0 saturated carbocycles. The van der Waals surface area contributed by atoms with Gasteiger partial charge in [-0.05, 0) is 56.2 Å². The van der Waals surface area contributed by atoms with Crippen molar-refractivity contribution in [3.05, 3.63) is 29.5 Å². The van der Waals surface area contributed by atoms with Crippen LogP contribution in [-0.2, 0) is 24.2 Å². The van der Waals surface area contributed by atoms with Gasteiger partial charge in [0.15, 0.2) is 0 Å². The van der Waals surface area contributed by atoms with Crippen molar-refractivity contribution in [1.29, 1.82) is 0 Å². The highest BCUT2D eigenvalue weighted by Gasteiger charge is 2.23. The summed E-state index contributed by atoms with van der Waals surface area (Å²) in [6, 6.07) is 6.30. The highest BCUT2D eigenvalue weighted by atomic mass is 16.5. The fourth-order valence-corrected chi connectivity index (χ4v) is 4.14. The van der Waals surface area contributed by atoms with E-state index in [0.29, 0.717) is 6.54 Å². The molecule has 0 N–H and O–H groups in total. The molecule has 0 spiro atoms. The molecule has 1 aliphatic carbocycles. The van der Waals surface area contributed by atoms with Crippen LogP contribution >= 0.6 is 0 Å². The lowest BCUT2D eigenvalue weighted by Gasteiger charge is -2.24. The predicted octanol–water partition coefficient (Wildman–Crippen LogP) is 4.57. The van der Waals surface area contributed by atoms with E-state index in [1.165, 1.54) is 29.5 Å². The molecule has 1 aliphatic rings. The third-order valence-corrected chi connectivity index (χ3v) is 5.51. The van der Waals surface area contributed by atoms with E-state index >= 15 is 0 Å². The zero-order valence-electron chi connectivity index (χ0n) is 16.5. The lowest BCUT2D eigenvalue weighted by molar-refractivity contribution is -0.131. The SMILES string of the molecule is CCCCN(CCC)C(=O)Cn1c2c(c3ccc(OC)cc31)CCCC2. The van der Waals surface area contributed by atoms with Crippen LogP contribution in [0.4, 0.5) is 0 Å². The number of nitrogens with zero attached hydrogens (tertiary/aromatic N) is 2. The number of aromatic nitrogens is 1. The molecule has 0 unspecified atom stereocenters. The number of carbonyl (C=O) groups is 1. The highest BCUT2D eigenvalue weighted by Crippen LogP contribution is 2.34. The topological polar surface area (TPSA) is 34.5 Å². The van der Waals surface area contributed by atoms with Gasteiger partial charge in [-0.2, -0.15) is 0 Å². The van der Waals surface area contributed by atoms with Gasteiger partial charge in [-0.25, -0.2) is 0 Å². The lowest BCUT2D eigenvalue weighted by Crippen LogP contribution is -2.35. The first kappa shape index (κ1) is 18.8. The standard InChI is InChI=1S/C22H32N2O2/c1-4-6-14-23(13-5-2)22(25)16-24-20-10-8-7-9-18(20)19-12-11-17(26-3)15-21(19)24/h11-12,15H,4-10,13-14,16H2,1-3H3. The van der Waals surface area contributed by atoms with Crippen LogP contribution in [0.5, 0.6) is 5.75 Å². The zero-order chi connectivity index (χ0) is 18.5. The smallest absolute Gasteiger partial charge is 0.242 e. The maximum absolute atomic E-state index is 13.1. The van der Waals surface area contributed by atoms with E-state index in [4.69, 9.17) is 4.74 Å². The maximum atomic E-state index is 13.1. The fourth-order valence-electron chi connectivity index (χ4n) is 4.14. The predicted molar refractivity (Wildman–Crippen MR) is 107 cm³/mol. The summed E-state index contributed by atoms with van der Waals surface area (Å²) in [4.78, 5) is 15.1.